The Morgan fingerprint density at radius 1 is 0.533 bits per heavy atom. The number of carbonyl (C=O) groups is 6. The van der Waals surface area contributed by atoms with E-state index in [-0.39, 0.29) is 34.8 Å². The van der Waals surface area contributed by atoms with E-state index in [2.05, 4.69) is 32.3 Å². The number of benzene rings is 2. The van der Waals surface area contributed by atoms with Gasteiger partial charge in [-0.15, -0.1) is 0 Å². The monoisotopic (exact) mass is 616 g/mol. The van der Waals surface area contributed by atoms with Gasteiger partial charge < -0.3 is 10.6 Å². The number of hydrogen-bond acceptors (Lipinski definition) is 6. The summed E-state index contributed by atoms with van der Waals surface area (Å²) in [4.78, 5) is 76.1. The molecule has 4 rings (SSSR count). The van der Waals surface area contributed by atoms with E-state index < -0.39 is 46.3 Å². The summed E-state index contributed by atoms with van der Waals surface area (Å²) in [6, 6.07) is 12.5. The minimum atomic E-state index is -0.752. The Hall–Kier alpha value is -5.00. The zero-order valence-electron chi connectivity index (χ0n) is 26.2. The van der Waals surface area contributed by atoms with Crippen LogP contribution in [0.3, 0.4) is 0 Å². The van der Waals surface area contributed by atoms with Gasteiger partial charge in [-0.1, -0.05) is 53.7 Å². The maximum absolute atomic E-state index is 13.2. The van der Waals surface area contributed by atoms with Gasteiger partial charge in [-0.25, -0.2) is 0 Å². The number of hydrazine groups is 2. The van der Waals surface area contributed by atoms with Crippen molar-refractivity contribution in [2.75, 3.05) is 10.6 Å². The van der Waals surface area contributed by atoms with Crippen LogP contribution in [-0.2, 0) is 19.2 Å². The highest BCUT2D eigenvalue weighted by molar-refractivity contribution is 6.00. The van der Waals surface area contributed by atoms with Crippen molar-refractivity contribution in [3.63, 3.8) is 0 Å². The summed E-state index contributed by atoms with van der Waals surface area (Å²) >= 11 is 0. The summed E-state index contributed by atoms with van der Waals surface area (Å²) < 4.78 is 0. The van der Waals surface area contributed by atoms with Gasteiger partial charge in [0, 0.05) is 33.3 Å². The number of anilines is 2. The molecule has 12 heteroatoms. The minimum Gasteiger partial charge on any atom is -0.326 e. The third kappa shape index (κ3) is 7.94. The molecule has 2 aliphatic carbocycles. The molecule has 4 unspecified atom stereocenters. The zero-order chi connectivity index (χ0) is 33.1. The molecule has 1 fully saturated rings. The number of rotatable bonds is 6. The van der Waals surface area contributed by atoms with Crippen molar-refractivity contribution in [3.8, 4) is 0 Å². The number of allylic oxidation sites excluding steroid dienone is 2. The highest BCUT2D eigenvalue weighted by atomic mass is 16.2. The van der Waals surface area contributed by atoms with Crippen LogP contribution in [0.25, 0.3) is 0 Å². The molecule has 0 heterocycles. The number of amides is 6. The smallest absolute Gasteiger partial charge is 0.269 e. The Balaban J connectivity index is 1.30. The number of fused-ring (bicyclic) bond motifs is 2. The van der Waals surface area contributed by atoms with Crippen molar-refractivity contribution < 1.29 is 28.8 Å². The molecular formula is C33H40N6O6. The molecule has 238 valence electrons. The number of carbonyl (C=O) groups excluding carboxylic acids is 6. The van der Waals surface area contributed by atoms with Crippen molar-refractivity contribution in [3.05, 3.63) is 71.8 Å². The Morgan fingerprint density at radius 3 is 1.18 bits per heavy atom. The largest absolute Gasteiger partial charge is 0.326 e. The van der Waals surface area contributed by atoms with Crippen LogP contribution >= 0.6 is 0 Å². The average molecular weight is 617 g/mol. The molecule has 12 nitrogen and oxygen atoms in total. The normalized spacial score (nSPS) is 20.1. The fourth-order valence-electron chi connectivity index (χ4n) is 5.13. The number of nitrogens with one attached hydrogen (secondary N) is 6. The lowest BCUT2D eigenvalue weighted by atomic mass is 9.82. The maximum Gasteiger partial charge on any atom is 0.269 e. The fourth-order valence-corrected chi connectivity index (χ4v) is 5.13. The van der Waals surface area contributed by atoms with Crippen LogP contribution in [0.2, 0.25) is 0 Å². The average Bonchev–Trinajstić information content (AvgIpc) is 3.60. The van der Waals surface area contributed by atoms with Crippen molar-refractivity contribution in [1.82, 2.24) is 21.7 Å². The molecule has 2 bridgehead atoms. The topological polar surface area (TPSA) is 175 Å². The van der Waals surface area contributed by atoms with Crippen molar-refractivity contribution >= 4 is 46.8 Å². The summed E-state index contributed by atoms with van der Waals surface area (Å²) in [5.41, 5.74) is 10.1. The molecule has 6 amide bonds. The molecular weight excluding hydrogens is 576 g/mol. The van der Waals surface area contributed by atoms with Gasteiger partial charge in [0.1, 0.15) is 0 Å². The Morgan fingerprint density at radius 2 is 0.867 bits per heavy atom. The van der Waals surface area contributed by atoms with Gasteiger partial charge in [0.05, 0.1) is 11.8 Å². The zero-order valence-corrected chi connectivity index (χ0v) is 26.2. The molecule has 2 aromatic carbocycles. The van der Waals surface area contributed by atoms with Gasteiger partial charge in [-0.2, -0.15) is 0 Å². The molecule has 0 aromatic heterocycles. The van der Waals surface area contributed by atoms with E-state index in [1.807, 2.05) is 12.2 Å². The van der Waals surface area contributed by atoms with E-state index in [9.17, 15) is 28.8 Å². The van der Waals surface area contributed by atoms with Crippen LogP contribution < -0.4 is 32.3 Å². The first-order chi connectivity index (χ1) is 21.0. The van der Waals surface area contributed by atoms with Crippen LogP contribution in [0, 0.1) is 34.5 Å². The third-order valence-electron chi connectivity index (χ3n) is 7.84. The summed E-state index contributed by atoms with van der Waals surface area (Å²) in [6.45, 7) is 10.8. The predicted molar refractivity (Wildman–Crippen MR) is 168 cm³/mol. The molecule has 0 spiro atoms. The second-order valence-electron chi connectivity index (χ2n) is 13.4. The molecule has 1 saturated carbocycles. The van der Waals surface area contributed by atoms with Crippen molar-refractivity contribution in [2.24, 2.45) is 34.5 Å². The molecule has 0 aliphatic heterocycles. The van der Waals surface area contributed by atoms with E-state index in [0.29, 0.717) is 17.8 Å². The summed E-state index contributed by atoms with van der Waals surface area (Å²) in [7, 11) is 0. The molecule has 0 saturated heterocycles. The molecule has 45 heavy (non-hydrogen) atoms. The molecule has 2 aliphatic rings. The van der Waals surface area contributed by atoms with Crippen LogP contribution in [0.1, 0.15) is 68.7 Å². The van der Waals surface area contributed by atoms with Crippen LogP contribution in [-0.4, -0.2) is 35.4 Å². The van der Waals surface area contributed by atoms with Crippen LogP contribution in [0.5, 0.6) is 0 Å². The van der Waals surface area contributed by atoms with Gasteiger partial charge in [-0.05, 0) is 66.8 Å². The standard InChI is InChI=1S/C33H40N6O6/c1-32(2,3)30(44)34-22-13-9-18(10-14-22)26(40)36-38-28(42)24-20-7-8-21(17-20)25(24)29(43)39-37-27(41)19-11-15-23(16-12-19)35-31(45)33(4,5)6/h7-16,20-21,24-25H,17H2,1-6H3,(H,34,44)(H,35,45)(H,36,40)(H,37,41)(H,38,42)(H,39,43). The first-order valence-electron chi connectivity index (χ1n) is 14.8. The molecule has 6 N–H and O–H groups in total. The van der Waals surface area contributed by atoms with E-state index in [1.165, 1.54) is 24.3 Å². The van der Waals surface area contributed by atoms with Crippen molar-refractivity contribution in [2.45, 2.75) is 48.0 Å². The Labute approximate surface area is 262 Å². The van der Waals surface area contributed by atoms with Crippen molar-refractivity contribution in [1.29, 1.82) is 0 Å². The highest BCUT2D eigenvalue weighted by Gasteiger charge is 2.51. The Kier molecular flexibility index (Phi) is 9.45. The molecule has 2 aromatic rings. The van der Waals surface area contributed by atoms with E-state index in [0.717, 1.165) is 0 Å². The second kappa shape index (κ2) is 12.9. The third-order valence-corrected chi connectivity index (χ3v) is 7.84. The minimum absolute atomic E-state index is 0.165. The van der Waals surface area contributed by atoms with Gasteiger partial charge >= 0.3 is 0 Å². The highest BCUT2D eigenvalue weighted by Crippen LogP contribution is 2.48. The van der Waals surface area contributed by atoms with Crippen LogP contribution in [0.4, 0.5) is 11.4 Å². The van der Waals surface area contributed by atoms with Gasteiger partial charge in [0.2, 0.25) is 23.6 Å². The molecule has 4 atom stereocenters. The summed E-state index contributed by atoms with van der Waals surface area (Å²) in [5.74, 6) is -4.39. The first-order valence-corrected chi connectivity index (χ1v) is 14.8. The first kappa shape index (κ1) is 32.9. The van der Waals surface area contributed by atoms with Crippen LogP contribution in [0.15, 0.2) is 60.7 Å². The Bertz CT molecular complexity index is 1410. The second-order valence-corrected chi connectivity index (χ2v) is 13.4. The quantitative estimate of drug-likeness (QED) is 0.214. The van der Waals surface area contributed by atoms with Gasteiger partial charge in [-0.3, -0.25) is 50.5 Å². The van der Waals surface area contributed by atoms with E-state index in [1.54, 1.807) is 65.8 Å². The van der Waals surface area contributed by atoms with Gasteiger partial charge in [0.15, 0.2) is 0 Å². The van der Waals surface area contributed by atoms with E-state index in [4.69, 9.17) is 0 Å². The van der Waals surface area contributed by atoms with Gasteiger partial charge in [0.25, 0.3) is 11.8 Å². The number of hydrogen-bond donors (Lipinski definition) is 6. The summed E-state index contributed by atoms with van der Waals surface area (Å²) in [5, 5.41) is 5.56. The SMILES string of the molecule is CC(C)(C)C(=O)Nc1ccc(C(=O)NNC(=O)C2C3C=CC(C3)C2C(=O)NNC(=O)c2ccc(NC(=O)C(C)(C)C)cc2)cc1. The lowest BCUT2D eigenvalue weighted by molar-refractivity contribution is -0.136. The molecule has 0 radical (unpaired) electrons. The van der Waals surface area contributed by atoms with E-state index >= 15 is 0 Å². The lowest BCUT2D eigenvalue weighted by Crippen LogP contribution is -2.52. The summed E-state index contributed by atoms with van der Waals surface area (Å²) in [6.07, 6.45) is 4.38. The fraction of sp³-hybridized carbons (Fsp3) is 0.394. The lowest BCUT2D eigenvalue weighted by Gasteiger charge is -2.26. The predicted octanol–water partition coefficient (Wildman–Crippen LogP) is 3.32. The maximum atomic E-state index is 13.2.